The quantitative estimate of drug-likeness (QED) is 0.582. The standard InChI is InChI=1S/C4H7F2O2/c1-2-3(7)4(5,6)8/h3,7H,2H2,1H3. The molecule has 0 saturated carbocycles. The van der Waals surface area contributed by atoms with Crippen molar-refractivity contribution >= 4 is 0 Å². The van der Waals surface area contributed by atoms with Gasteiger partial charge in [-0.2, -0.15) is 13.9 Å². The van der Waals surface area contributed by atoms with Gasteiger partial charge >= 0.3 is 6.11 Å². The molecule has 0 saturated heterocycles. The molecule has 0 heterocycles. The summed E-state index contributed by atoms with van der Waals surface area (Å²) in [5.41, 5.74) is 0. The van der Waals surface area contributed by atoms with Gasteiger partial charge < -0.3 is 5.11 Å². The number of hydrogen-bond acceptors (Lipinski definition) is 1. The highest BCUT2D eigenvalue weighted by atomic mass is 19.3. The van der Waals surface area contributed by atoms with Gasteiger partial charge in [-0.3, -0.25) is 0 Å². The molecule has 0 fully saturated rings. The molecule has 0 aliphatic carbocycles. The lowest BCUT2D eigenvalue weighted by molar-refractivity contribution is -0.293. The third kappa shape index (κ3) is 2.18. The Kier molecular flexibility index (Phi) is 2.30. The van der Waals surface area contributed by atoms with Crippen LogP contribution in [0.25, 0.3) is 0 Å². The van der Waals surface area contributed by atoms with Crippen molar-refractivity contribution in [1.82, 2.24) is 0 Å². The van der Waals surface area contributed by atoms with Gasteiger partial charge in [0.05, 0.1) is 0 Å². The van der Waals surface area contributed by atoms with Gasteiger partial charge in [0.15, 0.2) is 0 Å². The van der Waals surface area contributed by atoms with Gasteiger partial charge in [-0.25, -0.2) is 0 Å². The second kappa shape index (κ2) is 2.37. The van der Waals surface area contributed by atoms with E-state index in [0.29, 0.717) is 0 Å². The van der Waals surface area contributed by atoms with Gasteiger partial charge in [0.2, 0.25) is 0 Å². The molecule has 0 aromatic carbocycles. The summed E-state index contributed by atoms with van der Waals surface area (Å²) in [6, 6.07) is 0. The summed E-state index contributed by atoms with van der Waals surface area (Å²) in [4.78, 5) is 0. The van der Waals surface area contributed by atoms with Crippen LogP contribution in [0.1, 0.15) is 13.3 Å². The van der Waals surface area contributed by atoms with Crippen molar-refractivity contribution in [2.24, 2.45) is 0 Å². The number of halogens is 2. The summed E-state index contributed by atoms with van der Waals surface area (Å²) in [5.74, 6) is 0. The maximum absolute atomic E-state index is 11.3. The van der Waals surface area contributed by atoms with Crippen molar-refractivity contribution in [1.29, 1.82) is 0 Å². The van der Waals surface area contributed by atoms with E-state index in [1.54, 1.807) is 0 Å². The first-order chi connectivity index (χ1) is 3.48. The van der Waals surface area contributed by atoms with Crippen molar-refractivity contribution < 1.29 is 19.0 Å². The SMILES string of the molecule is CCC(O)C([O])(F)F. The highest BCUT2D eigenvalue weighted by Gasteiger charge is 2.35. The zero-order chi connectivity index (χ0) is 6.78. The zero-order valence-electron chi connectivity index (χ0n) is 4.40. The second-order valence-corrected chi connectivity index (χ2v) is 1.49. The topological polar surface area (TPSA) is 40.1 Å². The first-order valence-electron chi connectivity index (χ1n) is 2.24. The lowest BCUT2D eigenvalue weighted by Gasteiger charge is -2.10. The fraction of sp³-hybridized carbons (Fsp3) is 1.00. The first kappa shape index (κ1) is 7.78. The van der Waals surface area contributed by atoms with Gasteiger partial charge in [-0.15, -0.1) is 0 Å². The normalized spacial score (nSPS) is 16.1. The van der Waals surface area contributed by atoms with E-state index in [1.165, 1.54) is 6.92 Å². The molecule has 0 bridgehead atoms. The van der Waals surface area contributed by atoms with Crippen LogP contribution in [0.3, 0.4) is 0 Å². The van der Waals surface area contributed by atoms with Crippen molar-refractivity contribution in [3.8, 4) is 0 Å². The molecule has 1 atom stereocenters. The molecule has 1 radical (unpaired) electrons. The molecule has 1 N–H and O–H groups in total. The third-order valence-electron chi connectivity index (χ3n) is 0.775. The fourth-order valence-corrected chi connectivity index (χ4v) is 0.238. The van der Waals surface area contributed by atoms with Crippen molar-refractivity contribution in [2.75, 3.05) is 0 Å². The Morgan fingerprint density at radius 1 is 1.75 bits per heavy atom. The van der Waals surface area contributed by atoms with Crippen LogP contribution in [0.15, 0.2) is 0 Å². The van der Waals surface area contributed by atoms with Crippen molar-refractivity contribution in [2.45, 2.75) is 25.6 Å². The number of alkyl halides is 2. The molecule has 4 heteroatoms. The first-order valence-corrected chi connectivity index (χ1v) is 2.24. The van der Waals surface area contributed by atoms with E-state index in [1.807, 2.05) is 0 Å². The van der Waals surface area contributed by atoms with Crippen LogP contribution in [0, 0.1) is 0 Å². The van der Waals surface area contributed by atoms with Crippen LogP contribution in [-0.4, -0.2) is 17.3 Å². The Morgan fingerprint density at radius 3 is 2.12 bits per heavy atom. The predicted molar refractivity (Wildman–Crippen MR) is 21.9 cm³/mol. The smallest absolute Gasteiger partial charge is 0.384 e. The minimum atomic E-state index is -4.19. The van der Waals surface area contributed by atoms with Gasteiger partial charge in [0.1, 0.15) is 6.10 Å². The second-order valence-electron chi connectivity index (χ2n) is 1.49. The molecule has 0 aliphatic rings. The molecular formula is C4H7F2O2. The van der Waals surface area contributed by atoms with E-state index in [2.05, 4.69) is 0 Å². The van der Waals surface area contributed by atoms with E-state index in [-0.39, 0.29) is 6.42 Å². The molecule has 0 spiro atoms. The molecule has 0 rings (SSSR count). The van der Waals surface area contributed by atoms with Crippen LogP contribution in [0.4, 0.5) is 8.78 Å². The summed E-state index contributed by atoms with van der Waals surface area (Å²) in [7, 11) is 0. The van der Waals surface area contributed by atoms with E-state index in [0.717, 1.165) is 0 Å². The Morgan fingerprint density at radius 2 is 2.12 bits per heavy atom. The summed E-state index contributed by atoms with van der Waals surface area (Å²) in [6.45, 7) is 1.32. The lowest BCUT2D eigenvalue weighted by Crippen LogP contribution is -2.30. The van der Waals surface area contributed by atoms with Crippen molar-refractivity contribution in [3.05, 3.63) is 0 Å². The number of rotatable bonds is 2. The monoisotopic (exact) mass is 125 g/mol. The van der Waals surface area contributed by atoms with Crippen LogP contribution < -0.4 is 0 Å². The summed E-state index contributed by atoms with van der Waals surface area (Å²) >= 11 is 0. The Bertz CT molecular complexity index is 68.9. The molecular weight excluding hydrogens is 118 g/mol. The van der Waals surface area contributed by atoms with E-state index in [9.17, 15) is 13.9 Å². The Labute approximate surface area is 45.8 Å². The van der Waals surface area contributed by atoms with E-state index in [4.69, 9.17) is 5.11 Å². The molecule has 0 aliphatic heterocycles. The van der Waals surface area contributed by atoms with Crippen LogP contribution in [-0.2, 0) is 5.11 Å². The highest BCUT2D eigenvalue weighted by molar-refractivity contribution is 4.59. The minimum Gasteiger partial charge on any atom is -0.384 e. The number of hydrogen-bond donors (Lipinski definition) is 1. The maximum atomic E-state index is 11.3. The van der Waals surface area contributed by atoms with E-state index < -0.39 is 12.2 Å². The molecule has 2 nitrogen and oxygen atoms in total. The van der Waals surface area contributed by atoms with Gasteiger partial charge in [0.25, 0.3) is 0 Å². The van der Waals surface area contributed by atoms with Gasteiger partial charge in [-0.05, 0) is 6.42 Å². The molecule has 0 aromatic rings. The van der Waals surface area contributed by atoms with Crippen molar-refractivity contribution in [3.63, 3.8) is 0 Å². The largest absolute Gasteiger partial charge is 0.406 e. The molecule has 8 heavy (non-hydrogen) atoms. The van der Waals surface area contributed by atoms with Crippen LogP contribution in [0.2, 0.25) is 0 Å². The number of aliphatic hydroxyl groups is 1. The summed E-state index contributed by atoms with van der Waals surface area (Å²) in [5, 5.41) is 17.6. The Balaban J connectivity index is 3.62. The highest BCUT2D eigenvalue weighted by Crippen LogP contribution is 2.16. The average Bonchev–Trinajstić information content (AvgIpc) is 1.62. The summed E-state index contributed by atoms with van der Waals surface area (Å²) in [6.07, 6.45) is -6.44. The van der Waals surface area contributed by atoms with Gasteiger partial charge in [0, 0.05) is 0 Å². The van der Waals surface area contributed by atoms with E-state index >= 15 is 0 Å². The predicted octanol–water partition coefficient (Wildman–Crippen LogP) is 0.781. The minimum absolute atomic E-state index is 0.212. The molecule has 0 aromatic heterocycles. The van der Waals surface area contributed by atoms with Gasteiger partial charge in [-0.1, -0.05) is 6.92 Å². The third-order valence-corrected chi connectivity index (χ3v) is 0.775. The average molecular weight is 125 g/mol. The van der Waals surface area contributed by atoms with Crippen LogP contribution >= 0.6 is 0 Å². The maximum Gasteiger partial charge on any atom is 0.406 e. The fourth-order valence-electron chi connectivity index (χ4n) is 0.238. The molecule has 1 unspecified atom stereocenters. The summed E-state index contributed by atoms with van der Waals surface area (Å²) < 4.78 is 22.6. The number of aliphatic hydroxyl groups excluding tert-OH is 1. The Hall–Kier alpha value is -0.220. The lowest BCUT2D eigenvalue weighted by atomic mass is 10.3. The zero-order valence-corrected chi connectivity index (χ0v) is 4.40. The molecule has 0 amide bonds. The molecule has 49 valence electrons. The van der Waals surface area contributed by atoms with Crippen LogP contribution in [0.5, 0.6) is 0 Å².